The molecule has 0 radical (unpaired) electrons. The van der Waals surface area contributed by atoms with E-state index in [1.807, 2.05) is 48.9 Å². The number of nitrogens with zero attached hydrogens (tertiary/aromatic N) is 12. The Bertz CT molecular complexity index is 6290. The van der Waals surface area contributed by atoms with Crippen LogP contribution in [0.15, 0.2) is 304 Å². The molecular weight excluding hydrogens is 1180 g/mol. The minimum Gasteiger partial charge on any atom is -0.254 e. The molecule has 9 aromatic carbocycles. The van der Waals surface area contributed by atoms with Crippen LogP contribution in [0.2, 0.25) is 0 Å². The molecule has 0 amide bonds. The Morgan fingerprint density at radius 2 is 0.542 bits per heavy atom. The van der Waals surface area contributed by atoms with E-state index in [0.29, 0.717) is 11.6 Å². The molecule has 10 aromatic heterocycles. The molecule has 96 heavy (non-hydrogen) atoms. The zero-order valence-electron chi connectivity index (χ0n) is 51.2. The van der Waals surface area contributed by atoms with Crippen LogP contribution >= 0.6 is 0 Å². The Kier molecular flexibility index (Phi) is 13.5. The summed E-state index contributed by atoms with van der Waals surface area (Å²) in [6.07, 6.45) is 12.4. The SMILES string of the molecule is c1cnc(-c2ccc3cc(-c4ccc5nc(-c6ccc(-c7cc8cccnc8c8ncccc78)cc6)ccc5c4)ccc3n2)nc1.c1cnc(-c2ccc3cc(-c4ccc5nc(-c6ccc(-c7ccc8ccc9cccnc9c8n7)c7ccccc67)ccc5c4)ccc3n2)nc1. The fourth-order valence-corrected chi connectivity index (χ4v) is 13.1. The lowest BCUT2D eigenvalue weighted by Crippen LogP contribution is -1.92. The molecule has 19 rings (SSSR count). The molecule has 0 spiro atoms. The first-order valence-electron chi connectivity index (χ1n) is 31.6. The van der Waals surface area contributed by atoms with Crippen LogP contribution in [-0.4, -0.2) is 59.8 Å². The third-order valence-electron chi connectivity index (χ3n) is 17.9. The van der Waals surface area contributed by atoms with Crippen molar-refractivity contribution in [3.8, 4) is 90.2 Å². The normalized spacial score (nSPS) is 11.5. The topological polar surface area (TPSA) is 155 Å². The monoisotopic (exact) mass is 1230 g/mol. The summed E-state index contributed by atoms with van der Waals surface area (Å²) in [5, 5.41) is 10.9. The number of aromatic nitrogens is 12. The van der Waals surface area contributed by atoms with Crippen LogP contribution < -0.4 is 0 Å². The lowest BCUT2D eigenvalue weighted by molar-refractivity contribution is 1.15. The third-order valence-corrected chi connectivity index (χ3v) is 17.9. The second-order valence-corrected chi connectivity index (χ2v) is 23.7. The molecule has 0 aliphatic heterocycles. The Balaban J connectivity index is 0.000000141. The van der Waals surface area contributed by atoms with Crippen LogP contribution in [0.4, 0.5) is 0 Å². The van der Waals surface area contributed by atoms with Gasteiger partial charge in [0.2, 0.25) is 0 Å². The molecule has 0 unspecified atom stereocenters. The maximum Gasteiger partial charge on any atom is 0.178 e. The van der Waals surface area contributed by atoms with Gasteiger partial charge in [-0.05, 0) is 159 Å². The van der Waals surface area contributed by atoms with E-state index < -0.39 is 0 Å². The molecule has 0 bridgehead atoms. The number of hydrogen-bond acceptors (Lipinski definition) is 12. The largest absolute Gasteiger partial charge is 0.254 e. The number of hydrogen-bond donors (Lipinski definition) is 0. The molecule has 10 heterocycles. The average Bonchev–Trinajstić information content (AvgIpc) is 0.783. The van der Waals surface area contributed by atoms with Gasteiger partial charge in [-0.1, -0.05) is 146 Å². The predicted molar refractivity (Wildman–Crippen MR) is 387 cm³/mol. The van der Waals surface area contributed by atoms with Crippen molar-refractivity contribution in [3.63, 3.8) is 0 Å². The molecule has 0 fully saturated rings. The van der Waals surface area contributed by atoms with E-state index in [0.717, 1.165) is 177 Å². The summed E-state index contributed by atoms with van der Waals surface area (Å²) in [6, 6.07) is 90.2. The predicted octanol–water partition coefficient (Wildman–Crippen LogP) is 19.8. The Hall–Kier alpha value is -13.3. The van der Waals surface area contributed by atoms with Crippen molar-refractivity contribution >= 4 is 98.0 Å². The van der Waals surface area contributed by atoms with Gasteiger partial charge in [-0.2, -0.15) is 0 Å². The highest BCUT2D eigenvalue weighted by molar-refractivity contribution is 6.11. The number of pyridine rings is 8. The second-order valence-electron chi connectivity index (χ2n) is 23.7. The quantitative estimate of drug-likeness (QED) is 0.133. The summed E-state index contributed by atoms with van der Waals surface area (Å²) in [5.74, 6) is 1.25. The van der Waals surface area contributed by atoms with Crippen LogP contribution in [0.25, 0.3) is 188 Å². The molecule has 0 N–H and O–H groups in total. The Labute approximate surface area is 549 Å². The summed E-state index contributed by atoms with van der Waals surface area (Å²) in [7, 11) is 0. The molecule has 0 aliphatic carbocycles. The van der Waals surface area contributed by atoms with E-state index in [2.05, 4.69) is 253 Å². The number of benzene rings is 9. The molecule has 19 aromatic rings. The molecule has 446 valence electrons. The van der Waals surface area contributed by atoms with Gasteiger partial charge in [0, 0.05) is 103 Å². The van der Waals surface area contributed by atoms with E-state index >= 15 is 0 Å². The van der Waals surface area contributed by atoms with Crippen LogP contribution in [0, 0.1) is 0 Å². The molecule has 12 nitrogen and oxygen atoms in total. The smallest absolute Gasteiger partial charge is 0.178 e. The van der Waals surface area contributed by atoms with Gasteiger partial charge in [0.1, 0.15) is 11.4 Å². The van der Waals surface area contributed by atoms with Crippen molar-refractivity contribution in [1.82, 2.24) is 59.8 Å². The average molecular weight is 1230 g/mol. The van der Waals surface area contributed by atoms with Crippen LogP contribution in [0.5, 0.6) is 0 Å². The Morgan fingerprint density at radius 3 is 1.07 bits per heavy atom. The van der Waals surface area contributed by atoms with Gasteiger partial charge in [-0.3, -0.25) is 15.0 Å². The summed E-state index contributed by atoms with van der Waals surface area (Å²) < 4.78 is 0. The lowest BCUT2D eigenvalue weighted by Gasteiger charge is -2.13. The van der Waals surface area contributed by atoms with Crippen molar-refractivity contribution in [2.24, 2.45) is 0 Å². The molecule has 0 saturated heterocycles. The van der Waals surface area contributed by atoms with Gasteiger partial charge in [-0.25, -0.2) is 44.9 Å². The fourth-order valence-electron chi connectivity index (χ4n) is 13.1. The minimum absolute atomic E-state index is 0.623. The number of rotatable bonds is 8. The summed E-state index contributed by atoms with van der Waals surface area (Å²) in [5.41, 5.74) is 21.8. The third kappa shape index (κ3) is 10.2. The van der Waals surface area contributed by atoms with Crippen molar-refractivity contribution in [2.45, 2.75) is 0 Å². The van der Waals surface area contributed by atoms with Gasteiger partial charge in [-0.15, -0.1) is 0 Å². The van der Waals surface area contributed by atoms with E-state index in [1.165, 1.54) is 0 Å². The van der Waals surface area contributed by atoms with E-state index in [9.17, 15) is 0 Å². The van der Waals surface area contributed by atoms with Crippen LogP contribution in [0.1, 0.15) is 0 Å². The van der Waals surface area contributed by atoms with Gasteiger partial charge < -0.3 is 0 Å². The molecule has 0 saturated carbocycles. The van der Waals surface area contributed by atoms with Crippen molar-refractivity contribution < 1.29 is 0 Å². The van der Waals surface area contributed by atoms with E-state index in [1.54, 1.807) is 36.9 Å². The molecule has 12 heteroatoms. The van der Waals surface area contributed by atoms with E-state index in [-0.39, 0.29) is 0 Å². The fraction of sp³-hybridized carbons (Fsp3) is 0. The zero-order chi connectivity index (χ0) is 63.5. The van der Waals surface area contributed by atoms with E-state index in [4.69, 9.17) is 24.9 Å². The zero-order valence-corrected chi connectivity index (χ0v) is 51.2. The first-order valence-corrected chi connectivity index (χ1v) is 31.6. The molecule has 0 atom stereocenters. The minimum atomic E-state index is 0.623. The summed E-state index contributed by atoms with van der Waals surface area (Å²) in [6.45, 7) is 0. The highest BCUT2D eigenvalue weighted by Gasteiger charge is 2.17. The number of fused-ring (bicyclic) bond motifs is 11. The lowest BCUT2D eigenvalue weighted by atomic mass is 9.95. The summed E-state index contributed by atoms with van der Waals surface area (Å²) in [4.78, 5) is 56.1. The molecular formula is C84H50N12. The second kappa shape index (κ2) is 23.4. The maximum absolute atomic E-state index is 5.15. The van der Waals surface area contributed by atoms with Crippen molar-refractivity contribution in [2.75, 3.05) is 0 Å². The standard InChI is InChI=1S/C44H26N6.C40H24N6/c1-2-7-34-33(6-1)35(15-16-36(34)40-19-10-28-9-8-27-5-3-22-45-42(27)43(28)50-40)39-20-13-31-25-29(11-17-37(31)48-39)30-12-18-38-32(26-30)14-21-41(49-38)44-46-23-4-24-47-44;1-4-31-24-33(32-5-2-19-42-39(32)38(31)41-18-1)25-6-8-26(9-7-25)34-16-12-29-22-27(10-14-35(29)45-34)28-11-15-36-30(23-28)13-17-37(46-36)40-43-20-3-21-44-40/h1-26H;1-24H. The maximum atomic E-state index is 5.15. The Morgan fingerprint density at radius 1 is 0.177 bits per heavy atom. The summed E-state index contributed by atoms with van der Waals surface area (Å²) >= 11 is 0. The van der Waals surface area contributed by atoms with Crippen LogP contribution in [0.3, 0.4) is 0 Å². The van der Waals surface area contributed by atoms with Gasteiger partial charge in [0.25, 0.3) is 0 Å². The van der Waals surface area contributed by atoms with Crippen molar-refractivity contribution in [3.05, 3.63) is 304 Å². The highest BCUT2D eigenvalue weighted by Crippen LogP contribution is 2.39. The van der Waals surface area contributed by atoms with Gasteiger partial charge in [0.05, 0.1) is 61.2 Å². The van der Waals surface area contributed by atoms with Crippen LogP contribution in [-0.2, 0) is 0 Å². The highest BCUT2D eigenvalue weighted by atomic mass is 14.9. The first kappa shape index (κ1) is 55.5. The van der Waals surface area contributed by atoms with Gasteiger partial charge in [0.15, 0.2) is 11.6 Å². The first-order chi connectivity index (χ1) is 47.5. The van der Waals surface area contributed by atoms with Crippen molar-refractivity contribution in [1.29, 1.82) is 0 Å². The molecule has 0 aliphatic rings. The van der Waals surface area contributed by atoms with Gasteiger partial charge >= 0.3 is 0 Å².